The predicted molar refractivity (Wildman–Crippen MR) is 74.5 cm³/mol. The highest BCUT2D eigenvalue weighted by molar-refractivity contribution is 5.96. The van der Waals surface area contributed by atoms with Gasteiger partial charge < -0.3 is 16.2 Å². The van der Waals surface area contributed by atoms with E-state index in [4.69, 9.17) is 5.73 Å². The zero-order chi connectivity index (χ0) is 15.4. The molecule has 0 aliphatic rings. The number of aliphatic hydroxyl groups excluding tert-OH is 1. The first-order valence-corrected chi connectivity index (χ1v) is 6.24. The Morgan fingerprint density at radius 3 is 2.48 bits per heavy atom. The molecule has 0 saturated heterocycles. The van der Waals surface area contributed by atoms with Gasteiger partial charge in [-0.1, -0.05) is 30.3 Å². The number of nitrogen functional groups attached to an aromatic ring is 1. The Kier molecular flexibility index (Phi) is 4.49. The lowest BCUT2D eigenvalue weighted by Gasteiger charge is -2.17. The molecule has 2 aromatic carbocycles. The number of nitrogens with one attached hydrogen (secondary N) is 1. The second kappa shape index (κ2) is 6.32. The van der Waals surface area contributed by atoms with E-state index >= 15 is 0 Å². The van der Waals surface area contributed by atoms with Gasteiger partial charge in [0.15, 0.2) is 5.82 Å². The maximum absolute atomic E-state index is 13.8. The van der Waals surface area contributed by atoms with Crippen LogP contribution in [-0.2, 0) is 0 Å². The van der Waals surface area contributed by atoms with E-state index in [-0.39, 0.29) is 5.69 Å². The van der Waals surface area contributed by atoms with Crippen LogP contribution in [0.1, 0.15) is 22.0 Å². The van der Waals surface area contributed by atoms with Crippen LogP contribution in [0.2, 0.25) is 0 Å². The molecule has 0 fully saturated rings. The van der Waals surface area contributed by atoms with Gasteiger partial charge in [-0.15, -0.1) is 0 Å². The molecule has 0 spiro atoms. The van der Waals surface area contributed by atoms with E-state index in [1.165, 1.54) is 0 Å². The standard InChI is InChI=1S/C15H14F2N2O2/c16-10-6-7-11(18)14(17)13(10)15(21)19-12(8-20)9-4-2-1-3-5-9/h1-7,12,20H,8,18H2,(H,19,21)/t12-/m1/s1. The van der Waals surface area contributed by atoms with E-state index in [1.807, 2.05) is 0 Å². The van der Waals surface area contributed by atoms with Crippen LogP contribution < -0.4 is 11.1 Å². The van der Waals surface area contributed by atoms with Crippen molar-refractivity contribution >= 4 is 11.6 Å². The van der Waals surface area contributed by atoms with E-state index in [0.717, 1.165) is 12.1 Å². The van der Waals surface area contributed by atoms with Crippen LogP contribution >= 0.6 is 0 Å². The van der Waals surface area contributed by atoms with Gasteiger partial charge in [0.2, 0.25) is 0 Å². The summed E-state index contributed by atoms with van der Waals surface area (Å²) in [5, 5.41) is 11.7. The van der Waals surface area contributed by atoms with Crippen LogP contribution in [0.25, 0.3) is 0 Å². The fourth-order valence-corrected chi connectivity index (χ4v) is 1.93. The minimum Gasteiger partial charge on any atom is -0.396 e. The molecule has 0 aliphatic carbocycles. The number of carbonyl (C=O) groups is 1. The Morgan fingerprint density at radius 2 is 1.86 bits per heavy atom. The summed E-state index contributed by atoms with van der Waals surface area (Å²) in [7, 11) is 0. The highest BCUT2D eigenvalue weighted by atomic mass is 19.1. The molecule has 4 nitrogen and oxygen atoms in total. The molecule has 0 aromatic heterocycles. The van der Waals surface area contributed by atoms with Gasteiger partial charge in [0.1, 0.15) is 11.4 Å². The lowest BCUT2D eigenvalue weighted by atomic mass is 10.1. The molecule has 1 amide bonds. The van der Waals surface area contributed by atoms with Crippen LogP contribution in [0.5, 0.6) is 0 Å². The third-order valence-corrected chi connectivity index (χ3v) is 3.04. The van der Waals surface area contributed by atoms with Crippen molar-refractivity contribution in [3.05, 3.63) is 65.2 Å². The highest BCUT2D eigenvalue weighted by Gasteiger charge is 2.22. The van der Waals surface area contributed by atoms with Gasteiger partial charge >= 0.3 is 0 Å². The van der Waals surface area contributed by atoms with Gasteiger partial charge in [0, 0.05) is 0 Å². The molecular weight excluding hydrogens is 278 g/mol. The highest BCUT2D eigenvalue weighted by Crippen LogP contribution is 2.20. The van der Waals surface area contributed by atoms with E-state index in [9.17, 15) is 18.7 Å². The molecule has 0 saturated carbocycles. The van der Waals surface area contributed by atoms with Crippen molar-refractivity contribution < 1.29 is 18.7 Å². The third kappa shape index (κ3) is 3.17. The molecule has 0 unspecified atom stereocenters. The van der Waals surface area contributed by atoms with E-state index in [1.54, 1.807) is 30.3 Å². The number of anilines is 1. The molecule has 2 rings (SSSR count). The van der Waals surface area contributed by atoms with Gasteiger partial charge in [0.25, 0.3) is 5.91 Å². The summed E-state index contributed by atoms with van der Waals surface area (Å²) in [4.78, 5) is 12.0. The quantitative estimate of drug-likeness (QED) is 0.755. The Balaban J connectivity index is 2.27. The monoisotopic (exact) mass is 292 g/mol. The molecule has 110 valence electrons. The molecule has 6 heteroatoms. The number of aliphatic hydroxyl groups is 1. The SMILES string of the molecule is Nc1ccc(F)c(C(=O)N[C@H](CO)c2ccccc2)c1F. The van der Waals surface area contributed by atoms with Crippen molar-refractivity contribution in [2.24, 2.45) is 0 Å². The number of nitrogens with two attached hydrogens (primary N) is 1. The predicted octanol–water partition coefficient (Wildman–Crippen LogP) is 2.01. The molecule has 0 heterocycles. The minimum atomic E-state index is -1.11. The molecular formula is C15H14F2N2O2. The first-order chi connectivity index (χ1) is 10.0. The molecule has 0 radical (unpaired) electrons. The number of halogens is 2. The normalized spacial score (nSPS) is 12.0. The fourth-order valence-electron chi connectivity index (χ4n) is 1.93. The lowest BCUT2D eigenvalue weighted by molar-refractivity contribution is 0.0907. The summed E-state index contributed by atoms with van der Waals surface area (Å²) in [5.74, 6) is -3.10. The zero-order valence-corrected chi connectivity index (χ0v) is 11.0. The minimum absolute atomic E-state index is 0.318. The first-order valence-electron chi connectivity index (χ1n) is 6.24. The average molecular weight is 292 g/mol. The molecule has 1 atom stereocenters. The van der Waals surface area contributed by atoms with Gasteiger partial charge in [-0.25, -0.2) is 8.78 Å². The third-order valence-electron chi connectivity index (χ3n) is 3.04. The maximum Gasteiger partial charge on any atom is 0.257 e. The summed E-state index contributed by atoms with van der Waals surface area (Å²) in [6.07, 6.45) is 0. The lowest BCUT2D eigenvalue weighted by Crippen LogP contribution is -2.32. The second-order valence-corrected chi connectivity index (χ2v) is 4.44. The Labute approximate surface area is 120 Å². The molecule has 4 N–H and O–H groups in total. The van der Waals surface area contributed by atoms with Crippen LogP contribution in [0.4, 0.5) is 14.5 Å². The van der Waals surface area contributed by atoms with Crippen molar-refractivity contribution in [1.82, 2.24) is 5.32 Å². The van der Waals surface area contributed by atoms with E-state index in [0.29, 0.717) is 5.56 Å². The summed E-state index contributed by atoms with van der Waals surface area (Å²) in [5.41, 5.74) is 4.88. The number of hydrogen-bond donors (Lipinski definition) is 3. The van der Waals surface area contributed by atoms with Gasteiger partial charge in [-0.2, -0.15) is 0 Å². The zero-order valence-electron chi connectivity index (χ0n) is 11.0. The summed E-state index contributed by atoms with van der Waals surface area (Å²) in [6, 6.07) is 9.81. The maximum atomic E-state index is 13.8. The number of hydrogen-bond acceptors (Lipinski definition) is 3. The van der Waals surface area contributed by atoms with Crippen molar-refractivity contribution in [3.8, 4) is 0 Å². The molecule has 0 bridgehead atoms. The van der Waals surface area contributed by atoms with Gasteiger partial charge in [-0.3, -0.25) is 4.79 Å². The van der Waals surface area contributed by atoms with E-state index in [2.05, 4.69) is 5.32 Å². The van der Waals surface area contributed by atoms with Crippen LogP contribution in [0.3, 0.4) is 0 Å². The number of rotatable bonds is 4. The number of carbonyl (C=O) groups excluding carboxylic acids is 1. The number of benzene rings is 2. The summed E-state index contributed by atoms with van der Waals surface area (Å²) < 4.78 is 27.4. The Morgan fingerprint density at radius 1 is 1.19 bits per heavy atom. The topological polar surface area (TPSA) is 75.4 Å². The van der Waals surface area contributed by atoms with Crippen LogP contribution in [0.15, 0.2) is 42.5 Å². The Hall–Kier alpha value is -2.47. The summed E-state index contributed by atoms with van der Waals surface area (Å²) >= 11 is 0. The van der Waals surface area contributed by atoms with Crippen LogP contribution in [0, 0.1) is 11.6 Å². The second-order valence-electron chi connectivity index (χ2n) is 4.44. The fraction of sp³-hybridized carbons (Fsp3) is 0.133. The first kappa shape index (κ1) is 14.9. The number of amides is 1. The van der Waals surface area contributed by atoms with Crippen molar-refractivity contribution in [2.75, 3.05) is 12.3 Å². The van der Waals surface area contributed by atoms with Gasteiger partial charge in [-0.05, 0) is 17.7 Å². The Bertz CT molecular complexity index is 648. The van der Waals surface area contributed by atoms with Crippen molar-refractivity contribution in [1.29, 1.82) is 0 Å². The largest absolute Gasteiger partial charge is 0.396 e. The molecule has 2 aromatic rings. The van der Waals surface area contributed by atoms with Crippen molar-refractivity contribution in [2.45, 2.75) is 6.04 Å². The van der Waals surface area contributed by atoms with Crippen LogP contribution in [-0.4, -0.2) is 17.6 Å². The smallest absolute Gasteiger partial charge is 0.257 e. The van der Waals surface area contributed by atoms with E-state index < -0.39 is 35.8 Å². The summed E-state index contributed by atoms with van der Waals surface area (Å²) in [6.45, 7) is -0.401. The molecule has 0 aliphatic heterocycles. The van der Waals surface area contributed by atoms with Crippen molar-refractivity contribution in [3.63, 3.8) is 0 Å². The average Bonchev–Trinajstić information content (AvgIpc) is 2.50. The molecule has 21 heavy (non-hydrogen) atoms. The van der Waals surface area contributed by atoms with Gasteiger partial charge in [0.05, 0.1) is 18.3 Å².